The van der Waals surface area contributed by atoms with Crippen molar-refractivity contribution in [3.05, 3.63) is 29.6 Å². The Hall–Kier alpha value is -1.21. The molecule has 1 aromatic rings. The molecule has 20 heavy (non-hydrogen) atoms. The first-order valence-electron chi connectivity index (χ1n) is 6.47. The van der Waals surface area contributed by atoms with Gasteiger partial charge in [-0.05, 0) is 13.0 Å². The molecule has 0 aromatic heterocycles. The zero-order chi connectivity index (χ0) is 15.0. The van der Waals surface area contributed by atoms with Crippen LogP contribution in [0.5, 0.6) is 5.75 Å². The Labute approximate surface area is 118 Å². The molecule has 2 atom stereocenters. The molecular weight excluding hydrogens is 265 g/mol. The number of benzene rings is 1. The molecule has 0 aliphatic carbocycles. The van der Waals surface area contributed by atoms with E-state index in [0.717, 1.165) is 0 Å². The summed E-state index contributed by atoms with van der Waals surface area (Å²) in [5.74, 6) is -0.0637. The summed E-state index contributed by atoms with van der Waals surface area (Å²) in [6.45, 7) is 2.79. The second kappa shape index (κ2) is 8.86. The minimum absolute atomic E-state index is 0.0101. The zero-order valence-electron chi connectivity index (χ0n) is 11.8. The molecule has 0 amide bonds. The highest BCUT2D eigenvalue weighted by atomic mass is 19.1. The maximum atomic E-state index is 13.2. The smallest absolute Gasteiger partial charge is 0.127 e. The van der Waals surface area contributed by atoms with Crippen molar-refractivity contribution in [3.8, 4) is 5.75 Å². The summed E-state index contributed by atoms with van der Waals surface area (Å²) in [5, 5.41) is 9.69. The van der Waals surface area contributed by atoms with E-state index in [-0.39, 0.29) is 19.3 Å². The molecule has 114 valence electrons. The SMILES string of the molecule is COCCOCC(O)COc1cc(F)ccc1[C@@H](C)N. The summed E-state index contributed by atoms with van der Waals surface area (Å²) >= 11 is 0. The van der Waals surface area contributed by atoms with Gasteiger partial charge in [-0.2, -0.15) is 0 Å². The van der Waals surface area contributed by atoms with Crippen molar-refractivity contribution in [1.29, 1.82) is 0 Å². The highest BCUT2D eigenvalue weighted by Crippen LogP contribution is 2.24. The normalized spacial score (nSPS) is 14.1. The van der Waals surface area contributed by atoms with Gasteiger partial charge in [0.1, 0.15) is 24.3 Å². The van der Waals surface area contributed by atoms with Gasteiger partial charge in [0.2, 0.25) is 0 Å². The van der Waals surface area contributed by atoms with Gasteiger partial charge in [0.25, 0.3) is 0 Å². The van der Waals surface area contributed by atoms with Crippen LogP contribution in [0.15, 0.2) is 18.2 Å². The molecule has 0 radical (unpaired) electrons. The first-order valence-corrected chi connectivity index (χ1v) is 6.47. The number of halogens is 1. The van der Waals surface area contributed by atoms with E-state index in [9.17, 15) is 9.50 Å². The van der Waals surface area contributed by atoms with Crippen molar-refractivity contribution in [2.75, 3.05) is 33.5 Å². The van der Waals surface area contributed by atoms with Crippen LogP contribution in [0.1, 0.15) is 18.5 Å². The van der Waals surface area contributed by atoms with E-state index in [1.807, 2.05) is 0 Å². The zero-order valence-corrected chi connectivity index (χ0v) is 11.8. The van der Waals surface area contributed by atoms with Gasteiger partial charge in [0, 0.05) is 24.8 Å². The molecule has 0 saturated heterocycles. The molecule has 0 spiro atoms. The maximum absolute atomic E-state index is 13.2. The number of ether oxygens (including phenoxy) is 3. The van der Waals surface area contributed by atoms with Crippen molar-refractivity contribution < 1.29 is 23.7 Å². The molecule has 0 heterocycles. The van der Waals surface area contributed by atoms with E-state index >= 15 is 0 Å². The molecule has 0 saturated carbocycles. The lowest BCUT2D eigenvalue weighted by Crippen LogP contribution is -2.25. The predicted octanol–water partition coefficient (Wildman–Crippen LogP) is 1.25. The van der Waals surface area contributed by atoms with Gasteiger partial charge in [-0.25, -0.2) is 4.39 Å². The van der Waals surface area contributed by atoms with E-state index in [2.05, 4.69) is 0 Å². The maximum Gasteiger partial charge on any atom is 0.127 e. The van der Waals surface area contributed by atoms with Crippen LogP contribution in [-0.2, 0) is 9.47 Å². The third-order valence-corrected chi connectivity index (χ3v) is 2.64. The topological polar surface area (TPSA) is 73.9 Å². The monoisotopic (exact) mass is 287 g/mol. The Morgan fingerprint density at radius 2 is 2.05 bits per heavy atom. The van der Waals surface area contributed by atoms with Crippen LogP contribution in [-0.4, -0.2) is 44.7 Å². The fourth-order valence-electron chi connectivity index (χ4n) is 1.61. The predicted molar refractivity (Wildman–Crippen MR) is 73.2 cm³/mol. The number of methoxy groups -OCH3 is 1. The summed E-state index contributed by atoms with van der Waals surface area (Å²) < 4.78 is 28.6. The van der Waals surface area contributed by atoms with Gasteiger partial charge in [-0.15, -0.1) is 0 Å². The van der Waals surface area contributed by atoms with Crippen LogP contribution in [0.2, 0.25) is 0 Å². The third-order valence-electron chi connectivity index (χ3n) is 2.64. The van der Waals surface area contributed by atoms with Crippen LogP contribution in [0.4, 0.5) is 4.39 Å². The molecule has 3 N–H and O–H groups in total. The van der Waals surface area contributed by atoms with Crippen molar-refractivity contribution in [3.63, 3.8) is 0 Å². The average molecular weight is 287 g/mol. The minimum Gasteiger partial charge on any atom is -0.490 e. The van der Waals surface area contributed by atoms with Crippen molar-refractivity contribution in [1.82, 2.24) is 0 Å². The largest absolute Gasteiger partial charge is 0.490 e. The van der Waals surface area contributed by atoms with Gasteiger partial charge < -0.3 is 25.1 Å². The number of hydrogen-bond donors (Lipinski definition) is 2. The summed E-state index contributed by atoms with van der Waals surface area (Å²) in [6, 6.07) is 3.89. The Morgan fingerprint density at radius 1 is 1.30 bits per heavy atom. The van der Waals surface area contributed by atoms with Crippen molar-refractivity contribution >= 4 is 0 Å². The van der Waals surface area contributed by atoms with E-state index in [1.165, 1.54) is 12.1 Å². The first kappa shape index (κ1) is 16.8. The molecule has 5 nitrogen and oxygen atoms in total. The Kier molecular flexibility index (Phi) is 7.46. The molecule has 0 bridgehead atoms. The Balaban J connectivity index is 2.46. The Bertz CT molecular complexity index is 401. The van der Waals surface area contributed by atoms with Gasteiger partial charge >= 0.3 is 0 Å². The van der Waals surface area contributed by atoms with Crippen LogP contribution in [0.25, 0.3) is 0 Å². The van der Waals surface area contributed by atoms with E-state index < -0.39 is 11.9 Å². The summed E-state index contributed by atoms with van der Waals surface area (Å²) in [5.41, 5.74) is 6.47. The van der Waals surface area contributed by atoms with E-state index in [0.29, 0.717) is 24.5 Å². The lowest BCUT2D eigenvalue weighted by molar-refractivity contribution is -0.00439. The lowest BCUT2D eigenvalue weighted by Gasteiger charge is -2.16. The summed E-state index contributed by atoms with van der Waals surface area (Å²) in [4.78, 5) is 0. The van der Waals surface area contributed by atoms with Gasteiger partial charge in [-0.1, -0.05) is 6.07 Å². The first-order chi connectivity index (χ1) is 9.54. The van der Waals surface area contributed by atoms with Crippen LogP contribution in [0.3, 0.4) is 0 Å². The van der Waals surface area contributed by atoms with Crippen molar-refractivity contribution in [2.45, 2.75) is 19.1 Å². The van der Waals surface area contributed by atoms with Crippen LogP contribution in [0, 0.1) is 5.82 Å². The van der Waals surface area contributed by atoms with E-state index in [4.69, 9.17) is 19.9 Å². The van der Waals surface area contributed by atoms with Gasteiger partial charge in [0.05, 0.1) is 19.8 Å². The minimum atomic E-state index is -0.795. The lowest BCUT2D eigenvalue weighted by atomic mass is 10.1. The molecule has 1 unspecified atom stereocenters. The highest BCUT2D eigenvalue weighted by molar-refractivity contribution is 5.36. The summed E-state index contributed by atoms with van der Waals surface area (Å²) in [7, 11) is 1.57. The fourth-order valence-corrected chi connectivity index (χ4v) is 1.61. The van der Waals surface area contributed by atoms with Gasteiger partial charge in [-0.3, -0.25) is 0 Å². The second-order valence-electron chi connectivity index (χ2n) is 4.50. The van der Waals surface area contributed by atoms with E-state index in [1.54, 1.807) is 20.1 Å². The fraction of sp³-hybridized carbons (Fsp3) is 0.571. The molecule has 1 rings (SSSR count). The molecule has 0 fully saturated rings. The van der Waals surface area contributed by atoms with Crippen LogP contribution < -0.4 is 10.5 Å². The number of nitrogens with two attached hydrogens (primary N) is 1. The third kappa shape index (κ3) is 5.83. The number of aliphatic hydroxyl groups is 1. The standard InChI is InChI=1S/C14H22FNO4/c1-10(16)13-4-3-11(15)7-14(13)20-9-12(17)8-19-6-5-18-2/h3-4,7,10,12,17H,5-6,8-9,16H2,1-2H3/t10-,12?/m1/s1. The number of rotatable bonds is 9. The highest BCUT2D eigenvalue weighted by Gasteiger charge is 2.12. The molecule has 1 aromatic carbocycles. The number of hydrogen-bond acceptors (Lipinski definition) is 5. The molecule has 6 heteroatoms. The summed E-state index contributed by atoms with van der Waals surface area (Å²) in [6.07, 6.45) is -0.795. The van der Waals surface area contributed by atoms with Crippen LogP contribution >= 0.6 is 0 Å². The Morgan fingerprint density at radius 3 is 2.70 bits per heavy atom. The van der Waals surface area contributed by atoms with Gasteiger partial charge in [0.15, 0.2) is 0 Å². The van der Waals surface area contributed by atoms with Crippen molar-refractivity contribution in [2.24, 2.45) is 5.73 Å². The number of aliphatic hydroxyl groups excluding tert-OH is 1. The molecule has 0 aliphatic rings. The second-order valence-corrected chi connectivity index (χ2v) is 4.50. The average Bonchev–Trinajstić information content (AvgIpc) is 2.41. The molecule has 0 aliphatic heterocycles. The molecular formula is C14H22FNO4. The quantitative estimate of drug-likeness (QED) is 0.669.